The third-order valence-corrected chi connectivity index (χ3v) is 11.5. The molecule has 0 amide bonds. The zero-order valence-electron chi connectivity index (χ0n) is 30.6. The molecular weight excluding hydrogens is 695 g/mol. The summed E-state index contributed by atoms with van der Waals surface area (Å²) in [6.07, 6.45) is 0. The Balaban J connectivity index is 0.975. The van der Waals surface area contributed by atoms with Crippen molar-refractivity contribution in [1.82, 2.24) is 15.0 Å². The minimum absolute atomic E-state index is 0.627. The zero-order chi connectivity index (χ0) is 37.5. The normalized spacial score (nSPS) is 11.9. The Morgan fingerprint density at radius 1 is 0.281 bits per heavy atom. The van der Waals surface area contributed by atoms with E-state index in [2.05, 4.69) is 127 Å². The Kier molecular flexibility index (Phi) is 6.89. The molecule has 0 spiro atoms. The van der Waals surface area contributed by atoms with Crippen LogP contribution in [0.2, 0.25) is 0 Å². The van der Waals surface area contributed by atoms with E-state index in [0.29, 0.717) is 17.5 Å². The van der Waals surface area contributed by atoms with Crippen LogP contribution >= 0.6 is 0 Å². The summed E-state index contributed by atoms with van der Waals surface area (Å²) in [7, 11) is 0. The number of aromatic nitrogens is 3. The quantitative estimate of drug-likeness (QED) is 0.177. The molecule has 4 nitrogen and oxygen atoms in total. The van der Waals surface area contributed by atoms with Gasteiger partial charge in [0.15, 0.2) is 17.5 Å². The van der Waals surface area contributed by atoms with Gasteiger partial charge in [-0.05, 0) is 67.2 Å². The van der Waals surface area contributed by atoms with Gasteiger partial charge in [-0.15, -0.1) is 0 Å². The number of fused-ring (bicyclic) bond motifs is 8. The molecule has 12 rings (SSSR count). The number of furan rings is 1. The van der Waals surface area contributed by atoms with Gasteiger partial charge in [-0.2, -0.15) is 0 Å². The summed E-state index contributed by atoms with van der Waals surface area (Å²) < 4.78 is 6.91. The molecule has 0 atom stereocenters. The van der Waals surface area contributed by atoms with Crippen molar-refractivity contribution in [3.8, 4) is 78.7 Å². The zero-order valence-corrected chi connectivity index (χ0v) is 30.6. The lowest BCUT2D eigenvalue weighted by atomic mass is 9.92. The van der Waals surface area contributed by atoms with E-state index >= 15 is 0 Å². The number of para-hydroxylation sites is 1. The second-order valence-corrected chi connectivity index (χ2v) is 14.7. The summed E-state index contributed by atoms with van der Waals surface area (Å²) in [6, 6.07) is 66.2. The average Bonchev–Trinajstić information content (AvgIpc) is 3.83. The van der Waals surface area contributed by atoms with Crippen molar-refractivity contribution < 1.29 is 4.42 Å². The summed E-state index contributed by atoms with van der Waals surface area (Å²) in [4.78, 5) is 14.7. The van der Waals surface area contributed by atoms with Crippen molar-refractivity contribution in [2.24, 2.45) is 0 Å². The number of benzene rings is 9. The van der Waals surface area contributed by atoms with Gasteiger partial charge in [-0.25, -0.2) is 15.0 Å². The molecular formula is C53H31N3O. The topological polar surface area (TPSA) is 51.8 Å². The Morgan fingerprint density at radius 2 is 0.789 bits per heavy atom. The summed E-state index contributed by atoms with van der Waals surface area (Å²) in [5.41, 5.74) is 14.3. The molecule has 0 saturated heterocycles. The summed E-state index contributed by atoms with van der Waals surface area (Å²) in [6.45, 7) is 0. The highest BCUT2D eigenvalue weighted by atomic mass is 16.3. The Bertz CT molecular complexity index is 3320. The Labute approximate surface area is 328 Å². The number of nitrogens with zero attached hydrogens (tertiary/aromatic N) is 3. The Hall–Kier alpha value is -7.69. The molecule has 0 saturated carbocycles. The standard InChI is InChI=1S/C53H31N3O/c1-3-12-34(13-4-1)51-54-52(35-14-5-2-6-15-35)56-53(55-51)36-26-24-32(25-27-36)38-20-11-23-44-47-31-45(39-18-7-8-19-43(39)50(47)57-49(38)44)37-28-29-40-41-21-9-16-33-17-10-22-42(48(33)41)46(40)30-37/h1-31H. The van der Waals surface area contributed by atoms with E-state index in [-0.39, 0.29) is 0 Å². The van der Waals surface area contributed by atoms with Crippen LogP contribution in [0.25, 0.3) is 122 Å². The molecule has 0 bridgehead atoms. The Morgan fingerprint density at radius 3 is 1.47 bits per heavy atom. The minimum Gasteiger partial charge on any atom is -0.455 e. The first-order valence-electron chi connectivity index (χ1n) is 19.3. The second kappa shape index (κ2) is 12.4. The van der Waals surface area contributed by atoms with Crippen LogP contribution in [0.5, 0.6) is 0 Å². The van der Waals surface area contributed by atoms with Gasteiger partial charge < -0.3 is 4.42 Å². The molecule has 1 aliphatic carbocycles. The molecule has 0 N–H and O–H groups in total. The SMILES string of the molecule is c1ccc(-c2nc(-c3ccccc3)nc(-c3ccc(-c4cccc5c4oc4c6ccccc6c(-c6ccc7c(c6)-c6cccc8cccc-7c68)cc54)cc3)n2)cc1. The molecule has 0 fully saturated rings. The van der Waals surface area contributed by atoms with E-state index in [1.54, 1.807) is 0 Å². The lowest BCUT2D eigenvalue weighted by Crippen LogP contribution is -2.00. The van der Waals surface area contributed by atoms with Gasteiger partial charge in [0.25, 0.3) is 0 Å². The highest BCUT2D eigenvalue weighted by molar-refractivity contribution is 6.21. The fourth-order valence-electron chi connectivity index (χ4n) is 8.78. The summed E-state index contributed by atoms with van der Waals surface area (Å²) >= 11 is 0. The van der Waals surface area contributed by atoms with Crippen LogP contribution in [0.15, 0.2) is 192 Å². The van der Waals surface area contributed by atoms with Crippen molar-refractivity contribution in [3.05, 3.63) is 188 Å². The van der Waals surface area contributed by atoms with Gasteiger partial charge >= 0.3 is 0 Å². The van der Waals surface area contributed by atoms with Gasteiger partial charge in [0.1, 0.15) is 11.2 Å². The first-order chi connectivity index (χ1) is 28.2. The molecule has 264 valence electrons. The molecule has 4 heteroatoms. The van der Waals surface area contributed by atoms with Gasteiger partial charge in [0.2, 0.25) is 0 Å². The fraction of sp³-hybridized carbons (Fsp3) is 0. The average molecular weight is 726 g/mol. The highest BCUT2D eigenvalue weighted by Gasteiger charge is 2.23. The fourth-order valence-corrected chi connectivity index (χ4v) is 8.78. The van der Waals surface area contributed by atoms with Crippen molar-refractivity contribution in [2.75, 3.05) is 0 Å². The smallest absolute Gasteiger partial charge is 0.164 e. The van der Waals surface area contributed by atoms with E-state index < -0.39 is 0 Å². The van der Waals surface area contributed by atoms with Gasteiger partial charge in [0.05, 0.1) is 0 Å². The largest absolute Gasteiger partial charge is 0.455 e. The molecule has 0 radical (unpaired) electrons. The maximum Gasteiger partial charge on any atom is 0.164 e. The van der Waals surface area contributed by atoms with Gasteiger partial charge in [-0.3, -0.25) is 0 Å². The number of hydrogen-bond donors (Lipinski definition) is 0. The summed E-state index contributed by atoms with van der Waals surface area (Å²) in [5, 5.41) is 7.10. The molecule has 2 heterocycles. The second-order valence-electron chi connectivity index (χ2n) is 14.7. The van der Waals surface area contributed by atoms with Crippen LogP contribution in [-0.2, 0) is 0 Å². The predicted octanol–water partition coefficient (Wildman–Crippen LogP) is 14.1. The van der Waals surface area contributed by atoms with Crippen LogP contribution in [0.3, 0.4) is 0 Å². The molecule has 1 aliphatic rings. The van der Waals surface area contributed by atoms with Gasteiger partial charge in [-0.1, -0.05) is 176 Å². The molecule has 2 aromatic heterocycles. The number of rotatable bonds is 5. The highest BCUT2D eigenvalue weighted by Crippen LogP contribution is 2.49. The molecule has 0 unspecified atom stereocenters. The third kappa shape index (κ3) is 4.98. The minimum atomic E-state index is 0.627. The maximum absolute atomic E-state index is 6.91. The summed E-state index contributed by atoms with van der Waals surface area (Å²) in [5.74, 6) is 1.91. The van der Waals surface area contributed by atoms with E-state index in [0.717, 1.165) is 55.1 Å². The lowest BCUT2D eigenvalue weighted by Gasteiger charge is -2.11. The number of hydrogen-bond acceptors (Lipinski definition) is 4. The monoisotopic (exact) mass is 725 g/mol. The van der Waals surface area contributed by atoms with Crippen LogP contribution in [0.1, 0.15) is 0 Å². The lowest BCUT2D eigenvalue weighted by molar-refractivity contribution is 0.674. The van der Waals surface area contributed by atoms with Crippen LogP contribution in [0, 0.1) is 0 Å². The maximum atomic E-state index is 6.91. The van der Waals surface area contributed by atoms with Crippen molar-refractivity contribution in [3.63, 3.8) is 0 Å². The van der Waals surface area contributed by atoms with Crippen molar-refractivity contribution in [2.45, 2.75) is 0 Å². The first-order valence-corrected chi connectivity index (χ1v) is 19.3. The van der Waals surface area contributed by atoms with E-state index in [9.17, 15) is 0 Å². The van der Waals surface area contributed by atoms with Crippen LogP contribution in [0.4, 0.5) is 0 Å². The first kappa shape index (κ1) is 31.6. The van der Waals surface area contributed by atoms with E-state index in [4.69, 9.17) is 19.4 Å². The van der Waals surface area contributed by atoms with Crippen molar-refractivity contribution >= 4 is 43.5 Å². The van der Waals surface area contributed by atoms with Crippen LogP contribution in [-0.4, -0.2) is 15.0 Å². The van der Waals surface area contributed by atoms with E-state index in [1.165, 1.54) is 49.5 Å². The van der Waals surface area contributed by atoms with Gasteiger partial charge in [0, 0.05) is 38.4 Å². The predicted molar refractivity (Wildman–Crippen MR) is 234 cm³/mol. The molecule has 9 aromatic carbocycles. The third-order valence-electron chi connectivity index (χ3n) is 11.5. The molecule has 11 aromatic rings. The van der Waals surface area contributed by atoms with Crippen molar-refractivity contribution in [1.29, 1.82) is 0 Å². The van der Waals surface area contributed by atoms with Crippen LogP contribution < -0.4 is 0 Å². The van der Waals surface area contributed by atoms with E-state index in [1.807, 2.05) is 60.7 Å². The molecule has 57 heavy (non-hydrogen) atoms. The molecule has 0 aliphatic heterocycles.